The Kier molecular flexibility index (Phi) is 4.45. The fourth-order valence-corrected chi connectivity index (χ4v) is 3.84. The molecule has 1 fully saturated rings. The molecule has 0 saturated carbocycles. The predicted octanol–water partition coefficient (Wildman–Crippen LogP) is 0.748. The van der Waals surface area contributed by atoms with Crippen molar-refractivity contribution in [1.29, 1.82) is 0 Å². The molecule has 2 aromatic rings. The Labute approximate surface area is 139 Å². The van der Waals surface area contributed by atoms with Crippen molar-refractivity contribution in [2.24, 2.45) is 0 Å². The number of aromatic nitrogens is 2. The van der Waals surface area contributed by atoms with E-state index in [1.54, 1.807) is 18.5 Å². The number of nitrogens with one attached hydrogen (secondary N) is 1. The monoisotopic (exact) mass is 348 g/mol. The number of carbonyl (C=O) groups is 1. The lowest BCUT2D eigenvalue weighted by Gasteiger charge is -2.38. The summed E-state index contributed by atoms with van der Waals surface area (Å²) in [5, 5.41) is 3.07. The standard InChI is InChI=1S/C15H16N4O4S/c1-23-14(20)11-3-5-13(6-4-11)24(21,22)19-9-12(10-19)18-15-16-7-2-8-17-15/h2-8,12H,9-10H2,1H3,(H,16,17,18). The normalized spacial score (nSPS) is 15.5. The summed E-state index contributed by atoms with van der Waals surface area (Å²) in [6.45, 7) is 0.665. The van der Waals surface area contributed by atoms with Crippen LogP contribution < -0.4 is 5.32 Å². The molecule has 1 aliphatic heterocycles. The van der Waals surface area contributed by atoms with Gasteiger partial charge < -0.3 is 10.1 Å². The van der Waals surface area contributed by atoms with E-state index in [2.05, 4.69) is 20.0 Å². The number of methoxy groups -OCH3 is 1. The summed E-state index contributed by atoms with van der Waals surface area (Å²) in [4.78, 5) is 19.6. The Balaban J connectivity index is 1.64. The molecule has 1 aromatic heterocycles. The van der Waals surface area contributed by atoms with Crippen LogP contribution in [-0.4, -0.2) is 54.9 Å². The van der Waals surface area contributed by atoms with E-state index in [9.17, 15) is 13.2 Å². The molecule has 0 atom stereocenters. The van der Waals surface area contributed by atoms with Crippen molar-refractivity contribution in [2.45, 2.75) is 10.9 Å². The van der Waals surface area contributed by atoms with Crippen LogP contribution in [-0.2, 0) is 14.8 Å². The van der Waals surface area contributed by atoms with Gasteiger partial charge in [-0.1, -0.05) is 0 Å². The minimum absolute atomic E-state index is 0.0310. The SMILES string of the molecule is COC(=O)c1ccc(S(=O)(=O)N2CC(Nc3ncccn3)C2)cc1. The minimum atomic E-state index is -3.58. The van der Waals surface area contributed by atoms with Crippen LogP contribution in [0.5, 0.6) is 0 Å². The van der Waals surface area contributed by atoms with Crippen molar-refractivity contribution in [1.82, 2.24) is 14.3 Å². The van der Waals surface area contributed by atoms with Crippen LogP contribution in [0.1, 0.15) is 10.4 Å². The first kappa shape index (κ1) is 16.3. The summed E-state index contributed by atoms with van der Waals surface area (Å²) in [7, 11) is -2.30. The van der Waals surface area contributed by atoms with Gasteiger partial charge in [-0.3, -0.25) is 0 Å². The zero-order valence-electron chi connectivity index (χ0n) is 12.9. The fraction of sp³-hybridized carbons (Fsp3) is 0.267. The van der Waals surface area contributed by atoms with Gasteiger partial charge in [-0.25, -0.2) is 23.2 Å². The second-order valence-corrected chi connectivity index (χ2v) is 7.19. The van der Waals surface area contributed by atoms with Crippen LogP contribution in [0.2, 0.25) is 0 Å². The average molecular weight is 348 g/mol. The van der Waals surface area contributed by atoms with Crippen LogP contribution >= 0.6 is 0 Å². The first-order valence-electron chi connectivity index (χ1n) is 7.23. The van der Waals surface area contributed by atoms with E-state index in [-0.39, 0.29) is 10.9 Å². The highest BCUT2D eigenvalue weighted by molar-refractivity contribution is 7.89. The Morgan fingerprint density at radius 2 is 1.83 bits per heavy atom. The Morgan fingerprint density at radius 3 is 2.42 bits per heavy atom. The van der Waals surface area contributed by atoms with Crippen LogP contribution in [0.4, 0.5) is 5.95 Å². The summed E-state index contributed by atoms with van der Waals surface area (Å²) in [6.07, 6.45) is 3.23. The Morgan fingerprint density at radius 1 is 1.21 bits per heavy atom. The van der Waals surface area contributed by atoms with E-state index >= 15 is 0 Å². The Hall–Kier alpha value is -2.52. The molecule has 1 aliphatic rings. The fourth-order valence-electron chi connectivity index (χ4n) is 2.31. The van der Waals surface area contributed by atoms with E-state index in [4.69, 9.17) is 0 Å². The van der Waals surface area contributed by atoms with E-state index in [1.165, 1.54) is 35.7 Å². The molecule has 0 bridgehead atoms. The van der Waals surface area contributed by atoms with Crippen molar-refractivity contribution in [2.75, 3.05) is 25.5 Å². The number of rotatable bonds is 5. The van der Waals surface area contributed by atoms with E-state index in [0.717, 1.165) is 0 Å². The molecule has 3 rings (SSSR count). The maximum Gasteiger partial charge on any atom is 0.337 e. The summed E-state index contributed by atoms with van der Waals surface area (Å²) < 4.78 is 31.0. The number of esters is 1. The van der Waals surface area contributed by atoms with E-state index < -0.39 is 16.0 Å². The molecular weight excluding hydrogens is 332 g/mol. The maximum atomic E-state index is 12.5. The van der Waals surface area contributed by atoms with Gasteiger partial charge in [0.15, 0.2) is 0 Å². The van der Waals surface area contributed by atoms with Gasteiger partial charge in [-0.15, -0.1) is 0 Å². The van der Waals surface area contributed by atoms with Crippen molar-refractivity contribution < 1.29 is 17.9 Å². The lowest BCUT2D eigenvalue weighted by Crippen LogP contribution is -2.56. The number of ether oxygens (including phenoxy) is 1. The van der Waals surface area contributed by atoms with Gasteiger partial charge in [-0.05, 0) is 30.3 Å². The first-order chi connectivity index (χ1) is 11.5. The third-order valence-corrected chi connectivity index (χ3v) is 5.51. The highest BCUT2D eigenvalue weighted by atomic mass is 32.2. The molecule has 24 heavy (non-hydrogen) atoms. The molecule has 1 aromatic carbocycles. The molecule has 0 spiro atoms. The van der Waals surface area contributed by atoms with Gasteiger partial charge in [0.05, 0.1) is 23.6 Å². The second kappa shape index (κ2) is 6.54. The lowest BCUT2D eigenvalue weighted by atomic mass is 10.2. The maximum absolute atomic E-state index is 12.5. The van der Waals surface area contributed by atoms with Crippen molar-refractivity contribution in [3.05, 3.63) is 48.3 Å². The summed E-state index contributed by atoms with van der Waals surface area (Å²) in [5.74, 6) is -0.0306. The summed E-state index contributed by atoms with van der Waals surface area (Å²) in [6, 6.07) is 7.36. The van der Waals surface area contributed by atoms with Gasteiger partial charge in [0.25, 0.3) is 0 Å². The smallest absolute Gasteiger partial charge is 0.337 e. The summed E-state index contributed by atoms with van der Waals surface area (Å²) in [5.41, 5.74) is 0.306. The number of anilines is 1. The Bertz CT molecular complexity index is 818. The number of benzene rings is 1. The topological polar surface area (TPSA) is 101 Å². The van der Waals surface area contributed by atoms with Gasteiger partial charge in [0.2, 0.25) is 16.0 Å². The number of sulfonamides is 1. The highest BCUT2D eigenvalue weighted by Crippen LogP contribution is 2.23. The highest BCUT2D eigenvalue weighted by Gasteiger charge is 2.37. The zero-order chi connectivity index (χ0) is 17.2. The van der Waals surface area contributed by atoms with E-state index in [1.807, 2.05) is 0 Å². The molecule has 1 saturated heterocycles. The predicted molar refractivity (Wildman–Crippen MR) is 86.0 cm³/mol. The molecule has 8 nitrogen and oxygen atoms in total. The molecule has 0 unspecified atom stereocenters. The van der Waals surface area contributed by atoms with Crippen molar-refractivity contribution in [3.8, 4) is 0 Å². The largest absolute Gasteiger partial charge is 0.465 e. The molecule has 0 amide bonds. The zero-order valence-corrected chi connectivity index (χ0v) is 13.7. The third-order valence-electron chi connectivity index (χ3n) is 3.66. The lowest BCUT2D eigenvalue weighted by molar-refractivity contribution is 0.0600. The molecule has 9 heteroatoms. The van der Waals surface area contributed by atoms with Gasteiger partial charge in [0.1, 0.15) is 0 Å². The van der Waals surface area contributed by atoms with Gasteiger partial charge in [0, 0.05) is 25.5 Å². The third kappa shape index (κ3) is 3.22. The minimum Gasteiger partial charge on any atom is -0.465 e. The van der Waals surface area contributed by atoms with Crippen LogP contribution in [0.3, 0.4) is 0 Å². The van der Waals surface area contributed by atoms with Crippen LogP contribution in [0.25, 0.3) is 0 Å². The van der Waals surface area contributed by atoms with Crippen LogP contribution in [0.15, 0.2) is 47.6 Å². The van der Waals surface area contributed by atoms with Crippen LogP contribution in [0, 0.1) is 0 Å². The first-order valence-corrected chi connectivity index (χ1v) is 8.67. The molecule has 2 heterocycles. The van der Waals surface area contributed by atoms with E-state index in [0.29, 0.717) is 24.6 Å². The van der Waals surface area contributed by atoms with Crippen molar-refractivity contribution in [3.63, 3.8) is 0 Å². The van der Waals surface area contributed by atoms with Crippen molar-refractivity contribution >= 4 is 21.9 Å². The number of hydrogen-bond acceptors (Lipinski definition) is 7. The number of carbonyl (C=O) groups excluding carboxylic acids is 1. The summed E-state index contributed by atoms with van der Waals surface area (Å²) >= 11 is 0. The second-order valence-electron chi connectivity index (χ2n) is 5.25. The quantitative estimate of drug-likeness (QED) is 0.796. The molecule has 0 aliphatic carbocycles. The number of hydrogen-bond donors (Lipinski definition) is 1. The van der Waals surface area contributed by atoms with Gasteiger partial charge in [-0.2, -0.15) is 4.31 Å². The molecule has 1 N–H and O–H groups in total. The molecule has 0 radical (unpaired) electrons. The average Bonchev–Trinajstić information content (AvgIpc) is 2.58. The molecular formula is C15H16N4O4S. The number of nitrogens with zero attached hydrogens (tertiary/aromatic N) is 3. The molecule has 126 valence electrons. The van der Waals surface area contributed by atoms with Gasteiger partial charge >= 0.3 is 5.97 Å².